The van der Waals surface area contributed by atoms with E-state index >= 15 is 0 Å². The van der Waals surface area contributed by atoms with Crippen LogP contribution in [-0.2, 0) is 14.9 Å². The quantitative estimate of drug-likeness (QED) is 0.672. The minimum atomic E-state index is -4.17. The molecule has 0 radical (unpaired) electrons. The van der Waals surface area contributed by atoms with E-state index in [0.717, 1.165) is 0 Å². The molecule has 1 heterocycles. The Balaban J connectivity index is 2.34. The minimum Gasteiger partial charge on any atom is -0.308 e. The summed E-state index contributed by atoms with van der Waals surface area (Å²) in [4.78, 5) is 13.6. The molecule has 1 amide bonds. The van der Waals surface area contributed by atoms with Crippen molar-refractivity contribution in [3.05, 3.63) is 42.5 Å². The Hall–Kier alpha value is -1.66. The maximum Gasteiger partial charge on any atom is 0.265 e. The van der Waals surface area contributed by atoms with Gasteiger partial charge in [-0.1, -0.05) is 31.7 Å². The van der Waals surface area contributed by atoms with Crippen LogP contribution < -0.4 is 4.90 Å². The second-order valence-electron chi connectivity index (χ2n) is 4.99. The van der Waals surface area contributed by atoms with Crippen LogP contribution in [0.15, 0.2) is 42.5 Å². The van der Waals surface area contributed by atoms with Gasteiger partial charge in [-0.25, -0.2) is 0 Å². The lowest BCUT2D eigenvalue weighted by Gasteiger charge is -2.22. The third-order valence-corrected chi connectivity index (χ3v) is 4.31. The van der Waals surface area contributed by atoms with E-state index < -0.39 is 21.3 Å². The highest BCUT2D eigenvalue weighted by atomic mass is 32.2. The first-order valence-corrected chi connectivity index (χ1v) is 7.35. The average molecular weight is 281 g/mol. The van der Waals surface area contributed by atoms with Crippen molar-refractivity contribution < 1.29 is 17.8 Å². The molecule has 0 bridgehead atoms. The molecule has 5 nitrogen and oxygen atoms in total. The van der Waals surface area contributed by atoms with E-state index in [1.165, 1.54) is 4.90 Å². The van der Waals surface area contributed by atoms with Gasteiger partial charge in [0.2, 0.25) is 0 Å². The van der Waals surface area contributed by atoms with Crippen LogP contribution >= 0.6 is 0 Å². The van der Waals surface area contributed by atoms with E-state index in [9.17, 15) is 13.2 Å². The number of carbonyl (C=O) groups is 1. The molecule has 0 saturated carbocycles. The number of hydrogen-bond acceptors (Lipinski definition) is 3. The average Bonchev–Trinajstić information content (AvgIpc) is 2.53. The van der Waals surface area contributed by atoms with Gasteiger partial charge in [0, 0.05) is 23.2 Å². The molecule has 6 heteroatoms. The van der Waals surface area contributed by atoms with Gasteiger partial charge in [0.1, 0.15) is 0 Å². The maximum atomic E-state index is 12.2. The van der Waals surface area contributed by atoms with Gasteiger partial charge in [0.15, 0.2) is 0 Å². The third-order valence-electron chi connectivity index (χ3n) is 3.31. The molecule has 0 aromatic heterocycles. The summed E-state index contributed by atoms with van der Waals surface area (Å²) in [6.07, 6.45) is 0. The second kappa shape index (κ2) is 4.47. The molecule has 1 aromatic carbocycles. The van der Waals surface area contributed by atoms with E-state index in [1.54, 1.807) is 31.2 Å². The van der Waals surface area contributed by atoms with Crippen molar-refractivity contribution in [2.24, 2.45) is 5.41 Å². The molecule has 1 atom stereocenters. The molecule has 102 valence electrons. The largest absolute Gasteiger partial charge is 0.308 e. The smallest absolute Gasteiger partial charge is 0.265 e. The van der Waals surface area contributed by atoms with Gasteiger partial charge in [-0.2, -0.15) is 8.42 Å². The van der Waals surface area contributed by atoms with Gasteiger partial charge >= 0.3 is 0 Å². The van der Waals surface area contributed by atoms with E-state index in [4.69, 9.17) is 4.55 Å². The number of hydrogen-bond donors (Lipinski definition) is 1. The van der Waals surface area contributed by atoms with Crippen LogP contribution in [-0.4, -0.2) is 31.2 Å². The molecule has 1 saturated heterocycles. The van der Waals surface area contributed by atoms with Crippen molar-refractivity contribution in [2.75, 3.05) is 17.2 Å². The van der Waals surface area contributed by atoms with E-state index in [2.05, 4.69) is 6.58 Å². The van der Waals surface area contributed by atoms with Crippen LogP contribution in [0.2, 0.25) is 0 Å². The number of carbonyl (C=O) groups excluding carboxylic acids is 1. The molecule has 1 aromatic rings. The van der Waals surface area contributed by atoms with Crippen molar-refractivity contribution in [1.29, 1.82) is 0 Å². The van der Waals surface area contributed by atoms with E-state index in [-0.39, 0.29) is 18.0 Å². The molecule has 2 rings (SSSR count). The highest BCUT2D eigenvalue weighted by Gasteiger charge is 2.46. The molecule has 1 aliphatic rings. The Morgan fingerprint density at radius 1 is 1.37 bits per heavy atom. The van der Waals surface area contributed by atoms with Gasteiger partial charge in [-0.15, -0.1) is 0 Å². The van der Waals surface area contributed by atoms with Gasteiger partial charge in [-0.05, 0) is 12.1 Å². The summed E-state index contributed by atoms with van der Waals surface area (Å²) in [5.74, 6) is -0.814. The number of rotatable bonds is 3. The zero-order chi connectivity index (χ0) is 14.3. The first-order valence-electron chi connectivity index (χ1n) is 5.74. The normalized spacial score (nSPS) is 24.0. The van der Waals surface area contributed by atoms with Crippen molar-refractivity contribution in [2.45, 2.75) is 6.92 Å². The molecule has 0 spiro atoms. The van der Waals surface area contributed by atoms with Crippen LogP contribution in [0, 0.1) is 5.41 Å². The van der Waals surface area contributed by atoms with Crippen LogP contribution in [0.4, 0.5) is 5.69 Å². The molecule has 19 heavy (non-hydrogen) atoms. The summed E-state index contributed by atoms with van der Waals surface area (Å²) in [5, 5.41) is 0. The lowest BCUT2D eigenvalue weighted by Crippen LogP contribution is -2.31. The van der Waals surface area contributed by atoms with Crippen molar-refractivity contribution in [3.8, 4) is 0 Å². The van der Waals surface area contributed by atoms with Crippen LogP contribution in [0.3, 0.4) is 0 Å². The molecule has 0 aliphatic carbocycles. The fourth-order valence-corrected chi connectivity index (χ4v) is 3.36. The summed E-state index contributed by atoms with van der Waals surface area (Å²) >= 11 is 0. The van der Waals surface area contributed by atoms with Gasteiger partial charge in [-0.3, -0.25) is 9.35 Å². The highest BCUT2D eigenvalue weighted by Crippen LogP contribution is 2.38. The number of anilines is 1. The monoisotopic (exact) mass is 281 g/mol. The Kier molecular flexibility index (Phi) is 3.24. The number of benzene rings is 1. The Labute approximate surface area is 112 Å². The summed E-state index contributed by atoms with van der Waals surface area (Å²) in [6.45, 7) is 5.49. The number of para-hydroxylation sites is 1. The van der Waals surface area contributed by atoms with E-state index in [0.29, 0.717) is 5.69 Å². The lowest BCUT2D eigenvalue weighted by atomic mass is 9.88. The Bertz CT molecular complexity index is 623. The molecular weight excluding hydrogens is 266 g/mol. The lowest BCUT2D eigenvalue weighted by molar-refractivity contribution is -0.114. The fraction of sp³-hybridized carbons (Fsp3) is 0.308. The Morgan fingerprint density at radius 2 is 1.95 bits per heavy atom. The zero-order valence-corrected chi connectivity index (χ0v) is 11.4. The number of nitrogens with zero attached hydrogens (tertiary/aromatic N) is 1. The second-order valence-corrected chi connectivity index (χ2v) is 6.44. The molecule has 1 aliphatic heterocycles. The predicted molar refractivity (Wildman–Crippen MR) is 72.5 cm³/mol. The van der Waals surface area contributed by atoms with Crippen LogP contribution in [0.25, 0.3) is 0 Å². The van der Waals surface area contributed by atoms with Gasteiger partial charge in [0.05, 0.1) is 5.75 Å². The van der Waals surface area contributed by atoms with Gasteiger partial charge in [0.25, 0.3) is 16.0 Å². The first kappa shape index (κ1) is 13.8. The van der Waals surface area contributed by atoms with E-state index in [1.807, 2.05) is 6.07 Å². The van der Waals surface area contributed by atoms with Crippen molar-refractivity contribution >= 4 is 21.7 Å². The van der Waals surface area contributed by atoms with Crippen LogP contribution in [0.1, 0.15) is 6.92 Å². The molecule has 1 unspecified atom stereocenters. The fourth-order valence-electron chi connectivity index (χ4n) is 2.29. The third kappa shape index (κ3) is 2.69. The van der Waals surface area contributed by atoms with Gasteiger partial charge < -0.3 is 4.90 Å². The predicted octanol–water partition coefficient (Wildman–Crippen LogP) is 1.48. The van der Waals surface area contributed by atoms with Crippen molar-refractivity contribution in [1.82, 2.24) is 0 Å². The summed E-state index contributed by atoms with van der Waals surface area (Å²) in [5.41, 5.74) is -0.0813. The van der Waals surface area contributed by atoms with Crippen molar-refractivity contribution in [3.63, 3.8) is 0 Å². The standard InChI is InChI=1S/C13H15NO4S/c1-10-12(15)14(11-6-4-3-5-7-11)8-13(10,2)9-19(16,17)18/h3-7H,1,8-9H2,2H3,(H,16,17,18). The maximum absolute atomic E-state index is 12.2. The first-order chi connectivity index (χ1) is 8.73. The topological polar surface area (TPSA) is 74.7 Å². The Morgan fingerprint density at radius 3 is 2.47 bits per heavy atom. The summed E-state index contributed by atoms with van der Waals surface area (Å²) in [7, 11) is -4.17. The molecular formula is C13H15NO4S. The number of amides is 1. The molecule has 1 fully saturated rings. The minimum absolute atomic E-state index is 0.189. The summed E-state index contributed by atoms with van der Waals surface area (Å²) < 4.78 is 31.2. The molecule has 1 N–H and O–H groups in total. The SMILES string of the molecule is C=C1C(=O)N(c2ccccc2)CC1(C)CS(=O)(=O)O. The summed E-state index contributed by atoms with van der Waals surface area (Å²) in [6, 6.07) is 8.96. The van der Waals surface area contributed by atoms with Crippen LogP contribution in [0.5, 0.6) is 0 Å². The highest BCUT2D eigenvalue weighted by molar-refractivity contribution is 7.85. The zero-order valence-electron chi connectivity index (χ0n) is 10.5.